The molecule has 154 valence electrons. The van der Waals surface area contributed by atoms with Crippen LogP contribution in [0.15, 0.2) is 24.3 Å². The van der Waals surface area contributed by atoms with Crippen LogP contribution in [0.25, 0.3) is 0 Å². The number of urea groups is 1. The average Bonchev–Trinajstić information content (AvgIpc) is 2.66. The molecule has 3 rings (SSSR count). The minimum atomic E-state index is -1.16. The standard InChI is InChI=1S/C19H27N3O6/c1-13(18(24)25)21-19(26)22-16-12-14-4-6-15(7-5-14)28-10-3-2-9-27-11-8-20-17(16)23/h4-7,13,16H,2-3,8-12H2,1H3,(H,20,23)(H,24,25)(H2,21,22,26)/t13-,16+/m0/s1. The van der Waals surface area contributed by atoms with Crippen molar-refractivity contribution in [2.45, 2.75) is 38.3 Å². The number of amides is 3. The lowest BCUT2D eigenvalue weighted by Gasteiger charge is -2.20. The molecule has 28 heavy (non-hydrogen) atoms. The van der Waals surface area contributed by atoms with E-state index in [4.69, 9.17) is 14.6 Å². The van der Waals surface area contributed by atoms with Gasteiger partial charge in [0.15, 0.2) is 0 Å². The fourth-order valence-electron chi connectivity index (χ4n) is 2.59. The number of hydrogen-bond acceptors (Lipinski definition) is 5. The van der Waals surface area contributed by atoms with E-state index in [2.05, 4.69) is 16.0 Å². The Labute approximate surface area is 163 Å². The van der Waals surface area contributed by atoms with Gasteiger partial charge in [-0.2, -0.15) is 0 Å². The molecule has 0 aromatic heterocycles. The Morgan fingerprint density at radius 1 is 1.18 bits per heavy atom. The zero-order chi connectivity index (χ0) is 20.4. The fourth-order valence-corrected chi connectivity index (χ4v) is 2.59. The molecular weight excluding hydrogens is 366 g/mol. The smallest absolute Gasteiger partial charge is 0.325 e. The highest BCUT2D eigenvalue weighted by molar-refractivity contribution is 5.88. The molecular formula is C19H27N3O6. The molecule has 0 saturated heterocycles. The summed E-state index contributed by atoms with van der Waals surface area (Å²) in [4.78, 5) is 35.5. The summed E-state index contributed by atoms with van der Waals surface area (Å²) >= 11 is 0. The average molecular weight is 393 g/mol. The van der Waals surface area contributed by atoms with E-state index in [1.165, 1.54) is 6.92 Å². The highest BCUT2D eigenvalue weighted by Gasteiger charge is 2.23. The molecule has 1 aromatic rings. The summed E-state index contributed by atoms with van der Waals surface area (Å²) in [5, 5.41) is 16.5. The number of carboxylic acid groups (broad SMARTS) is 1. The molecule has 0 fully saturated rings. The van der Waals surface area contributed by atoms with Gasteiger partial charge in [-0.1, -0.05) is 12.1 Å². The third-order valence-corrected chi connectivity index (χ3v) is 4.20. The van der Waals surface area contributed by atoms with Gasteiger partial charge in [-0.05, 0) is 37.5 Å². The van der Waals surface area contributed by atoms with Crippen molar-refractivity contribution in [3.63, 3.8) is 0 Å². The Hall–Kier alpha value is -2.81. The topological polar surface area (TPSA) is 126 Å². The number of carboxylic acids is 1. The first-order valence-corrected chi connectivity index (χ1v) is 9.32. The zero-order valence-electron chi connectivity index (χ0n) is 15.9. The predicted molar refractivity (Wildman–Crippen MR) is 101 cm³/mol. The second kappa shape index (κ2) is 11.1. The number of rotatable bonds is 3. The number of nitrogens with one attached hydrogen (secondary N) is 3. The van der Waals surface area contributed by atoms with E-state index in [9.17, 15) is 14.4 Å². The number of benzene rings is 1. The van der Waals surface area contributed by atoms with Crippen LogP contribution in [0.3, 0.4) is 0 Å². The third-order valence-electron chi connectivity index (χ3n) is 4.20. The molecule has 0 aliphatic carbocycles. The Morgan fingerprint density at radius 2 is 1.89 bits per heavy atom. The SMILES string of the molecule is C[C@H](NC(=O)N[C@@H]1Cc2ccc(cc2)OCCCCOCCNC1=O)C(=O)O. The van der Waals surface area contributed by atoms with Crippen LogP contribution in [-0.4, -0.2) is 61.5 Å². The number of ether oxygens (including phenoxy) is 2. The lowest BCUT2D eigenvalue weighted by atomic mass is 10.0. The van der Waals surface area contributed by atoms with Gasteiger partial charge in [0.1, 0.15) is 17.8 Å². The summed E-state index contributed by atoms with van der Waals surface area (Å²) in [6.45, 7) is 3.22. The first-order valence-electron chi connectivity index (χ1n) is 9.32. The molecule has 0 spiro atoms. The largest absolute Gasteiger partial charge is 0.494 e. The van der Waals surface area contributed by atoms with Crippen LogP contribution in [0.1, 0.15) is 25.3 Å². The van der Waals surface area contributed by atoms with Gasteiger partial charge in [0.2, 0.25) is 5.91 Å². The summed E-state index contributed by atoms with van der Waals surface area (Å²) < 4.78 is 11.1. The highest BCUT2D eigenvalue weighted by atomic mass is 16.5. The van der Waals surface area contributed by atoms with Crippen molar-refractivity contribution in [1.82, 2.24) is 16.0 Å². The number of hydrogen-bond donors (Lipinski definition) is 4. The molecule has 2 aliphatic rings. The van der Waals surface area contributed by atoms with Gasteiger partial charge < -0.3 is 30.5 Å². The fraction of sp³-hybridized carbons (Fsp3) is 0.526. The van der Waals surface area contributed by atoms with E-state index in [0.29, 0.717) is 26.4 Å². The first kappa shape index (κ1) is 21.5. The number of aliphatic carboxylic acids is 1. The minimum absolute atomic E-state index is 0.252. The van der Waals surface area contributed by atoms with Gasteiger partial charge in [-0.25, -0.2) is 4.79 Å². The second-order valence-corrected chi connectivity index (χ2v) is 6.54. The Balaban J connectivity index is 2.07. The Bertz CT molecular complexity index is 664. The normalized spacial score (nSPS) is 19.8. The highest BCUT2D eigenvalue weighted by Crippen LogP contribution is 2.14. The second-order valence-electron chi connectivity index (χ2n) is 6.54. The summed E-state index contributed by atoms with van der Waals surface area (Å²) in [6.07, 6.45) is 1.99. The maximum atomic E-state index is 12.5. The summed E-state index contributed by atoms with van der Waals surface area (Å²) in [5.74, 6) is -0.793. The van der Waals surface area contributed by atoms with Crippen LogP contribution < -0.4 is 20.7 Å². The number of carbonyl (C=O) groups excluding carboxylic acids is 2. The van der Waals surface area contributed by atoms with Crippen LogP contribution in [0, 0.1) is 0 Å². The van der Waals surface area contributed by atoms with E-state index in [1.807, 2.05) is 24.3 Å². The molecule has 2 heterocycles. The van der Waals surface area contributed by atoms with E-state index in [-0.39, 0.29) is 12.3 Å². The van der Waals surface area contributed by atoms with E-state index >= 15 is 0 Å². The van der Waals surface area contributed by atoms with Gasteiger partial charge >= 0.3 is 12.0 Å². The monoisotopic (exact) mass is 393 g/mol. The molecule has 4 N–H and O–H groups in total. The van der Waals surface area contributed by atoms with Crippen molar-refractivity contribution in [2.24, 2.45) is 0 Å². The maximum Gasteiger partial charge on any atom is 0.325 e. The van der Waals surface area contributed by atoms with Gasteiger partial charge in [0.25, 0.3) is 0 Å². The summed E-state index contributed by atoms with van der Waals surface area (Å²) in [5.41, 5.74) is 0.836. The molecule has 2 aliphatic heterocycles. The van der Waals surface area contributed by atoms with Crippen molar-refractivity contribution < 1.29 is 29.0 Å². The van der Waals surface area contributed by atoms with Gasteiger partial charge in [-0.3, -0.25) is 9.59 Å². The lowest BCUT2D eigenvalue weighted by Crippen LogP contribution is -2.53. The minimum Gasteiger partial charge on any atom is -0.494 e. The van der Waals surface area contributed by atoms with Crippen LogP contribution >= 0.6 is 0 Å². The molecule has 0 unspecified atom stereocenters. The van der Waals surface area contributed by atoms with Crippen molar-refractivity contribution in [3.8, 4) is 5.75 Å². The molecule has 3 amide bonds. The van der Waals surface area contributed by atoms with Gasteiger partial charge in [0, 0.05) is 19.6 Å². The molecule has 9 nitrogen and oxygen atoms in total. The van der Waals surface area contributed by atoms with Crippen LogP contribution in [-0.2, 0) is 20.7 Å². The van der Waals surface area contributed by atoms with Gasteiger partial charge in [0.05, 0.1) is 13.2 Å². The number of carbonyl (C=O) groups is 3. The van der Waals surface area contributed by atoms with E-state index in [1.54, 1.807) is 0 Å². The van der Waals surface area contributed by atoms with Crippen molar-refractivity contribution in [3.05, 3.63) is 29.8 Å². The summed E-state index contributed by atoms with van der Waals surface area (Å²) in [6, 6.07) is 4.66. The molecule has 2 atom stereocenters. The molecule has 1 aromatic carbocycles. The van der Waals surface area contributed by atoms with Crippen molar-refractivity contribution >= 4 is 17.9 Å². The summed E-state index contributed by atoms with van der Waals surface area (Å²) in [7, 11) is 0. The quantitative estimate of drug-likeness (QED) is 0.598. The Kier molecular flexibility index (Phi) is 8.54. The van der Waals surface area contributed by atoms with Gasteiger partial charge in [-0.15, -0.1) is 0 Å². The van der Waals surface area contributed by atoms with Crippen molar-refractivity contribution in [2.75, 3.05) is 26.4 Å². The Morgan fingerprint density at radius 3 is 2.61 bits per heavy atom. The molecule has 0 saturated carbocycles. The molecule has 0 radical (unpaired) electrons. The van der Waals surface area contributed by atoms with Crippen molar-refractivity contribution in [1.29, 1.82) is 0 Å². The third kappa shape index (κ3) is 7.43. The predicted octanol–water partition coefficient (Wildman–Crippen LogP) is 0.675. The van der Waals surface area contributed by atoms with Crippen LogP contribution in [0.2, 0.25) is 0 Å². The lowest BCUT2D eigenvalue weighted by molar-refractivity contribution is -0.138. The van der Waals surface area contributed by atoms with Crippen LogP contribution in [0.5, 0.6) is 5.75 Å². The molecule has 9 heteroatoms. The van der Waals surface area contributed by atoms with Crippen LogP contribution in [0.4, 0.5) is 4.79 Å². The number of fused-ring (bicyclic) bond motifs is 13. The maximum absolute atomic E-state index is 12.5. The first-order chi connectivity index (χ1) is 13.5. The van der Waals surface area contributed by atoms with E-state index < -0.39 is 24.1 Å². The van der Waals surface area contributed by atoms with E-state index in [0.717, 1.165) is 24.2 Å². The molecule has 2 bridgehead atoms. The zero-order valence-corrected chi connectivity index (χ0v) is 15.9.